The van der Waals surface area contributed by atoms with E-state index >= 15 is 0 Å². The van der Waals surface area contributed by atoms with Gasteiger partial charge in [0.25, 0.3) is 5.56 Å². The highest BCUT2D eigenvalue weighted by molar-refractivity contribution is 6.30. The number of H-pyrrole nitrogens is 1. The molecule has 4 rings (SSSR count). The Labute approximate surface area is 167 Å². The number of aromatic nitrogens is 3. The van der Waals surface area contributed by atoms with Gasteiger partial charge in [0.1, 0.15) is 0 Å². The smallest absolute Gasteiger partial charge is 0.276 e. The van der Waals surface area contributed by atoms with E-state index in [0.717, 1.165) is 25.7 Å². The van der Waals surface area contributed by atoms with Gasteiger partial charge in [0.15, 0.2) is 5.65 Å². The molecule has 2 aromatic heterocycles. The number of carbonyl (C=O) groups is 1. The summed E-state index contributed by atoms with van der Waals surface area (Å²) in [5.74, 6) is -0.159. The third-order valence-corrected chi connectivity index (χ3v) is 6.08. The highest BCUT2D eigenvalue weighted by Crippen LogP contribution is 2.40. The Morgan fingerprint density at radius 1 is 1.25 bits per heavy atom. The third-order valence-electron chi connectivity index (χ3n) is 5.82. The average Bonchev–Trinajstić information content (AvgIpc) is 3.34. The number of nitrogens with one attached hydrogen (secondary N) is 2. The zero-order chi connectivity index (χ0) is 19.7. The van der Waals surface area contributed by atoms with Crippen LogP contribution in [0.3, 0.4) is 0 Å². The van der Waals surface area contributed by atoms with Crippen LogP contribution in [0.15, 0.2) is 41.3 Å². The minimum atomic E-state index is -0.226. The Bertz CT molecular complexity index is 1060. The number of rotatable bonds is 5. The fourth-order valence-electron chi connectivity index (χ4n) is 4.22. The molecule has 0 radical (unpaired) electrons. The summed E-state index contributed by atoms with van der Waals surface area (Å²) in [6.07, 6.45) is 6.04. The predicted octanol–water partition coefficient (Wildman–Crippen LogP) is 3.16. The van der Waals surface area contributed by atoms with Crippen molar-refractivity contribution in [3.05, 3.63) is 68.7 Å². The number of benzene rings is 1. The molecule has 1 aromatic carbocycles. The average molecular weight is 399 g/mol. The minimum absolute atomic E-state index is 0.0241. The van der Waals surface area contributed by atoms with Crippen LogP contribution in [0, 0.1) is 6.92 Å². The molecular weight excluding hydrogens is 376 g/mol. The molecule has 3 aromatic rings. The maximum atomic E-state index is 12.7. The van der Waals surface area contributed by atoms with Gasteiger partial charge in [-0.3, -0.25) is 14.7 Å². The highest BCUT2D eigenvalue weighted by Gasteiger charge is 2.35. The molecule has 1 aliphatic carbocycles. The van der Waals surface area contributed by atoms with Gasteiger partial charge in [-0.05, 0) is 37.5 Å². The van der Waals surface area contributed by atoms with E-state index in [1.54, 1.807) is 19.2 Å². The molecule has 1 aliphatic rings. The van der Waals surface area contributed by atoms with Crippen molar-refractivity contribution in [1.29, 1.82) is 0 Å². The highest BCUT2D eigenvalue weighted by atomic mass is 35.5. The number of amides is 1. The first kappa shape index (κ1) is 18.7. The second kappa shape index (κ2) is 7.43. The van der Waals surface area contributed by atoms with Crippen LogP contribution in [-0.4, -0.2) is 27.0 Å². The van der Waals surface area contributed by atoms with E-state index in [9.17, 15) is 9.59 Å². The van der Waals surface area contributed by atoms with Gasteiger partial charge < -0.3 is 5.32 Å². The second-order valence-corrected chi connectivity index (χ2v) is 8.02. The maximum Gasteiger partial charge on any atom is 0.276 e. The molecule has 0 spiro atoms. The minimum Gasteiger partial charge on any atom is -0.355 e. The lowest BCUT2D eigenvalue weighted by Crippen LogP contribution is -2.40. The van der Waals surface area contributed by atoms with Crippen molar-refractivity contribution >= 4 is 23.2 Å². The van der Waals surface area contributed by atoms with E-state index in [2.05, 4.69) is 27.5 Å². The lowest BCUT2D eigenvalue weighted by molar-refractivity contribution is -0.120. The normalized spacial score (nSPS) is 15.8. The summed E-state index contributed by atoms with van der Waals surface area (Å²) in [6.45, 7) is 2.33. The molecule has 0 saturated heterocycles. The first-order chi connectivity index (χ1) is 13.5. The molecule has 6 nitrogen and oxygen atoms in total. The van der Waals surface area contributed by atoms with Crippen molar-refractivity contribution in [1.82, 2.24) is 19.9 Å². The lowest BCUT2D eigenvalue weighted by atomic mass is 9.79. The van der Waals surface area contributed by atoms with Crippen LogP contribution in [0.2, 0.25) is 5.02 Å². The van der Waals surface area contributed by atoms with E-state index < -0.39 is 0 Å². The number of fused-ring (bicyclic) bond motifs is 1. The Morgan fingerprint density at radius 3 is 2.68 bits per heavy atom. The summed E-state index contributed by atoms with van der Waals surface area (Å²) >= 11 is 6.03. The van der Waals surface area contributed by atoms with Crippen LogP contribution >= 0.6 is 11.6 Å². The van der Waals surface area contributed by atoms with Crippen molar-refractivity contribution < 1.29 is 4.79 Å². The molecular formula is C21H23ClN4O2. The van der Waals surface area contributed by atoms with E-state index in [-0.39, 0.29) is 23.3 Å². The largest absolute Gasteiger partial charge is 0.355 e. The van der Waals surface area contributed by atoms with Crippen LogP contribution in [0.1, 0.15) is 42.5 Å². The molecule has 7 heteroatoms. The standard InChI is InChI=1S/C21H23ClN4O2/c1-14-17(20(28)26-18(25-14)8-11-24-26)12-19(27)23-13-21(9-2-3-10-21)15-4-6-16(22)7-5-15/h4-8,11,24H,2-3,9-10,12-13H2,1H3,(H,23,27). The van der Waals surface area contributed by atoms with Crippen molar-refractivity contribution in [2.45, 2.75) is 44.4 Å². The van der Waals surface area contributed by atoms with Crippen molar-refractivity contribution in [3.8, 4) is 0 Å². The molecule has 0 aliphatic heterocycles. The summed E-state index contributed by atoms with van der Waals surface area (Å²) in [5.41, 5.74) is 2.49. The van der Waals surface area contributed by atoms with Gasteiger partial charge in [-0.2, -0.15) is 0 Å². The van der Waals surface area contributed by atoms with Gasteiger partial charge in [0.2, 0.25) is 5.91 Å². The fraction of sp³-hybridized carbons (Fsp3) is 0.381. The monoisotopic (exact) mass is 398 g/mol. The van der Waals surface area contributed by atoms with Crippen molar-refractivity contribution in [3.63, 3.8) is 0 Å². The summed E-state index contributed by atoms with van der Waals surface area (Å²) in [7, 11) is 0. The topological polar surface area (TPSA) is 79.3 Å². The Balaban J connectivity index is 1.51. The second-order valence-electron chi connectivity index (χ2n) is 7.58. The zero-order valence-corrected chi connectivity index (χ0v) is 16.6. The van der Waals surface area contributed by atoms with Crippen LogP contribution < -0.4 is 10.9 Å². The van der Waals surface area contributed by atoms with E-state index in [1.807, 2.05) is 12.1 Å². The summed E-state index contributed by atoms with van der Waals surface area (Å²) in [4.78, 5) is 29.7. The Kier molecular flexibility index (Phi) is 4.98. The predicted molar refractivity (Wildman–Crippen MR) is 109 cm³/mol. The molecule has 0 unspecified atom stereocenters. The maximum absolute atomic E-state index is 12.7. The molecule has 146 valence electrons. The van der Waals surface area contributed by atoms with E-state index in [4.69, 9.17) is 11.6 Å². The molecule has 0 bridgehead atoms. The number of nitrogens with zero attached hydrogens (tertiary/aromatic N) is 2. The molecule has 2 N–H and O–H groups in total. The summed E-state index contributed by atoms with van der Waals surface area (Å²) in [6, 6.07) is 9.65. The number of hydrogen-bond acceptors (Lipinski definition) is 3. The van der Waals surface area contributed by atoms with Gasteiger partial charge in [0.05, 0.1) is 6.42 Å². The fourth-order valence-corrected chi connectivity index (χ4v) is 4.35. The van der Waals surface area contributed by atoms with Crippen molar-refractivity contribution in [2.75, 3.05) is 6.54 Å². The number of aryl methyl sites for hydroxylation is 1. The van der Waals surface area contributed by atoms with Crippen LogP contribution in [0.4, 0.5) is 0 Å². The van der Waals surface area contributed by atoms with Gasteiger partial charge in [-0.25, -0.2) is 9.50 Å². The quantitative estimate of drug-likeness (QED) is 0.692. The zero-order valence-electron chi connectivity index (χ0n) is 15.8. The van der Waals surface area contributed by atoms with Gasteiger partial charge in [-0.15, -0.1) is 0 Å². The first-order valence-corrected chi connectivity index (χ1v) is 9.95. The van der Waals surface area contributed by atoms with Crippen LogP contribution in [0.5, 0.6) is 0 Å². The van der Waals surface area contributed by atoms with E-state index in [1.165, 1.54) is 10.1 Å². The Morgan fingerprint density at radius 2 is 1.96 bits per heavy atom. The Hall–Kier alpha value is -2.60. The molecule has 28 heavy (non-hydrogen) atoms. The van der Waals surface area contributed by atoms with Gasteiger partial charge in [-0.1, -0.05) is 36.6 Å². The molecule has 1 fully saturated rings. The number of carbonyl (C=O) groups excluding carboxylic acids is 1. The summed E-state index contributed by atoms with van der Waals surface area (Å²) in [5, 5.41) is 6.61. The molecule has 1 saturated carbocycles. The molecule has 1 amide bonds. The number of hydrogen-bond donors (Lipinski definition) is 2. The van der Waals surface area contributed by atoms with Gasteiger partial charge in [0, 0.05) is 40.5 Å². The van der Waals surface area contributed by atoms with E-state index in [0.29, 0.717) is 28.5 Å². The van der Waals surface area contributed by atoms with Crippen LogP contribution in [-0.2, 0) is 16.6 Å². The van der Waals surface area contributed by atoms with Gasteiger partial charge >= 0.3 is 0 Å². The SMILES string of the molecule is Cc1nc2cc[nH]n2c(=O)c1CC(=O)NCC1(c2ccc(Cl)cc2)CCCC1. The van der Waals surface area contributed by atoms with Crippen LogP contribution in [0.25, 0.3) is 5.65 Å². The number of aromatic amines is 1. The summed E-state index contributed by atoms with van der Waals surface area (Å²) < 4.78 is 1.36. The number of halogens is 1. The third kappa shape index (κ3) is 3.44. The first-order valence-electron chi connectivity index (χ1n) is 9.57. The molecule has 0 atom stereocenters. The lowest BCUT2D eigenvalue weighted by Gasteiger charge is -2.30. The molecule has 2 heterocycles. The van der Waals surface area contributed by atoms with Crippen molar-refractivity contribution in [2.24, 2.45) is 0 Å².